The van der Waals surface area contributed by atoms with E-state index in [1.807, 2.05) is 27.7 Å². The summed E-state index contributed by atoms with van der Waals surface area (Å²) in [5.41, 5.74) is 0. The van der Waals surface area contributed by atoms with Crippen LogP contribution in [0, 0.1) is 0 Å². The van der Waals surface area contributed by atoms with Crippen LogP contribution < -0.4 is 0 Å². The molecule has 0 aliphatic rings. The maximum atomic E-state index is 12.7. The van der Waals surface area contributed by atoms with Crippen molar-refractivity contribution in [2.75, 3.05) is 33.2 Å². The molecule has 0 heterocycles. The standard InChI is InChI=1S/C17H38O8P2/c1-5-9-13-20-26(18,21-14-10-6-2)24-17-25-27(19,22-15-11-7-3)23-16-12-8-4/h5-17H2,1-4H3. The minimum Gasteiger partial charge on any atom is -0.287 e. The first kappa shape index (κ1) is 27.2. The van der Waals surface area contributed by atoms with E-state index >= 15 is 0 Å². The van der Waals surface area contributed by atoms with E-state index in [2.05, 4.69) is 0 Å². The summed E-state index contributed by atoms with van der Waals surface area (Å²) in [5, 5.41) is 0. The van der Waals surface area contributed by atoms with Crippen LogP contribution in [-0.2, 0) is 36.3 Å². The van der Waals surface area contributed by atoms with Gasteiger partial charge in [-0.2, -0.15) is 0 Å². The molecule has 0 aliphatic carbocycles. The van der Waals surface area contributed by atoms with Crippen LogP contribution in [0.4, 0.5) is 0 Å². The molecule has 10 heteroatoms. The molecule has 0 bridgehead atoms. The number of hydrogen-bond donors (Lipinski definition) is 0. The third-order valence-corrected chi connectivity index (χ3v) is 6.25. The lowest BCUT2D eigenvalue weighted by molar-refractivity contribution is 0.0179. The van der Waals surface area contributed by atoms with Gasteiger partial charge in [-0.15, -0.1) is 0 Å². The lowest BCUT2D eigenvalue weighted by atomic mass is 10.4. The molecular formula is C17H38O8P2. The van der Waals surface area contributed by atoms with Crippen LogP contribution in [0.3, 0.4) is 0 Å². The molecule has 0 rings (SSSR count). The minimum atomic E-state index is -3.79. The van der Waals surface area contributed by atoms with Crippen molar-refractivity contribution < 1.29 is 36.3 Å². The van der Waals surface area contributed by atoms with Crippen LogP contribution in [-0.4, -0.2) is 33.2 Å². The average molecular weight is 432 g/mol. The van der Waals surface area contributed by atoms with E-state index in [1.54, 1.807) is 0 Å². The highest BCUT2D eigenvalue weighted by atomic mass is 31.2. The first-order chi connectivity index (χ1) is 12.9. The van der Waals surface area contributed by atoms with Gasteiger partial charge in [-0.05, 0) is 25.7 Å². The molecule has 0 unspecified atom stereocenters. The van der Waals surface area contributed by atoms with Gasteiger partial charge < -0.3 is 0 Å². The van der Waals surface area contributed by atoms with E-state index in [0.717, 1.165) is 51.4 Å². The zero-order valence-corrected chi connectivity index (χ0v) is 19.1. The lowest BCUT2D eigenvalue weighted by Crippen LogP contribution is -2.08. The van der Waals surface area contributed by atoms with Crippen LogP contribution in [0.5, 0.6) is 0 Å². The number of phosphoric ester groups is 2. The fourth-order valence-electron chi connectivity index (χ4n) is 1.66. The number of unbranched alkanes of at least 4 members (excludes halogenated alkanes) is 4. The van der Waals surface area contributed by atoms with Gasteiger partial charge in [0.15, 0.2) is 6.79 Å². The summed E-state index contributed by atoms with van der Waals surface area (Å²) in [5.74, 6) is 0. The largest absolute Gasteiger partial charge is 0.476 e. The highest BCUT2D eigenvalue weighted by Crippen LogP contribution is 2.54. The molecule has 164 valence electrons. The Hall–Kier alpha value is 0.220. The molecule has 0 fully saturated rings. The van der Waals surface area contributed by atoms with E-state index in [4.69, 9.17) is 27.1 Å². The molecule has 0 aromatic carbocycles. The van der Waals surface area contributed by atoms with E-state index in [0.29, 0.717) is 0 Å². The quantitative estimate of drug-likeness (QED) is 0.123. The van der Waals surface area contributed by atoms with Crippen molar-refractivity contribution in [2.45, 2.75) is 79.1 Å². The van der Waals surface area contributed by atoms with Gasteiger partial charge in [0.25, 0.3) is 0 Å². The van der Waals surface area contributed by atoms with Crippen molar-refractivity contribution in [1.29, 1.82) is 0 Å². The van der Waals surface area contributed by atoms with Crippen LogP contribution >= 0.6 is 15.6 Å². The zero-order chi connectivity index (χ0) is 20.4. The Kier molecular flexibility index (Phi) is 17.2. The fraction of sp³-hybridized carbons (Fsp3) is 1.00. The van der Waals surface area contributed by atoms with Gasteiger partial charge >= 0.3 is 15.6 Å². The molecule has 8 nitrogen and oxygen atoms in total. The van der Waals surface area contributed by atoms with Gasteiger partial charge in [-0.3, -0.25) is 27.1 Å². The summed E-state index contributed by atoms with van der Waals surface area (Å²) in [6, 6.07) is 0. The van der Waals surface area contributed by atoms with Crippen molar-refractivity contribution in [3.8, 4) is 0 Å². The van der Waals surface area contributed by atoms with Gasteiger partial charge in [0.05, 0.1) is 26.4 Å². The van der Waals surface area contributed by atoms with Crippen LogP contribution in [0.25, 0.3) is 0 Å². The third kappa shape index (κ3) is 14.8. The smallest absolute Gasteiger partial charge is 0.287 e. The Morgan fingerprint density at radius 3 is 0.963 bits per heavy atom. The summed E-state index contributed by atoms with van der Waals surface area (Å²) < 4.78 is 56.8. The Morgan fingerprint density at radius 1 is 0.481 bits per heavy atom. The van der Waals surface area contributed by atoms with Gasteiger partial charge in [0.2, 0.25) is 0 Å². The van der Waals surface area contributed by atoms with E-state index in [-0.39, 0.29) is 26.4 Å². The van der Waals surface area contributed by atoms with E-state index < -0.39 is 22.4 Å². The normalized spacial score (nSPS) is 12.6. The molecule has 0 saturated heterocycles. The van der Waals surface area contributed by atoms with E-state index in [9.17, 15) is 9.13 Å². The SMILES string of the molecule is CCCCOP(=O)(OCCCC)OCOP(=O)(OCCCC)OCCCC. The molecule has 0 spiro atoms. The second-order valence-corrected chi connectivity index (χ2v) is 9.36. The zero-order valence-electron chi connectivity index (χ0n) is 17.4. The van der Waals surface area contributed by atoms with Crippen LogP contribution in [0.1, 0.15) is 79.1 Å². The molecule has 0 atom stereocenters. The third-order valence-electron chi connectivity index (χ3n) is 3.41. The summed E-state index contributed by atoms with van der Waals surface area (Å²) in [6.07, 6.45) is 6.45. The van der Waals surface area contributed by atoms with Crippen molar-refractivity contribution in [3.05, 3.63) is 0 Å². The molecule has 0 aromatic rings. The highest BCUT2D eigenvalue weighted by molar-refractivity contribution is 7.49. The summed E-state index contributed by atoms with van der Waals surface area (Å²) in [6.45, 7) is 8.40. The van der Waals surface area contributed by atoms with E-state index in [1.165, 1.54) is 0 Å². The second kappa shape index (κ2) is 17.1. The Bertz CT molecular complexity index is 367. The second-order valence-electron chi connectivity index (χ2n) is 6.02. The molecule has 0 aliphatic heterocycles. The van der Waals surface area contributed by atoms with Crippen molar-refractivity contribution in [2.24, 2.45) is 0 Å². The number of phosphoric acid groups is 2. The first-order valence-electron chi connectivity index (χ1n) is 10.0. The number of hydrogen-bond acceptors (Lipinski definition) is 8. The summed E-state index contributed by atoms with van der Waals surface area (Å²) in [4.78, 5) is 0. The van der Waals surface area contributed by atoms with Crippen LogP contribution in [0.2, 0.25) is 0 Å². The van der Waals surface area contributed by atoms with Gasteiger partial charge in [-0.1, -0.05) is 53.4 Å². The van der Waals surface area contributed by atoms with Gasteiger partial charge in [0.1, 0.15) is 0 Å². The highest BCUT2D eigenvalue weighted by Gasteiger charge is 2.31. The maximum Gasteiger partial charge on any atom is 0.476 e. The topological polar surface area (TPSA) is 89.5 Å². The fourth-order valence-corrected chi connectivity index (χ4v) is 3.96. The predicted octanol–water partition coefficient (Wildman–Crippen LogP) is 6.46. The predicted molar refractivity (Wildman–Crippen MR) is 106 cm³/mol. The van der Waals surface area contributed by atoms with Crippen molar-refractivity contribution in [1.82, 2.24) is 0 Å². The van der Waals surface area contributed by atoms with Gasteiger partial charge in [-0.25, -0.2) is 9.13 Å². The maximum absolute atomic E-state index is 12.7. The average Bonchev–Trinajstić information content (AvgIpc) is 2.63. The molecule has 0 aromatic heterocycles. The Balaban J connectivity index is 4.65. The van der Waals surface area contributed by atoms with Crippen molar-refractivity contribution in [3.63, 3.8) is 0 Å². The van der Waals surface area contributed by atoms with Crippen molar-refractivity contribution >= 4 is 15.6 Å². The molecule has 0 radical (unpaired) electrons. The Labute approximate surface area is 164 Å². The molecule has 0 N–H and O–H groups in total. The molecular weight excluding hydrogens is 394 g/mol. The Morgan fingerprint density at radius 2 is 0.741 bits per heavy atom. The summed E-state index contributed by atoms with van der Waals surface area (Å²) >= 11 is 0. The molecule has 0 saturated carbocycles. The lowest BCUT2D eigenvalue weighted by Gasteiger charge is -2.21. The number of rotatable bonds is 20. The van der Waals surface area contributed by atoms with Gasteiger partial charge in [0, 0.05) is 0 Å². The molecule has 27 heavy (non-hydrogen) atoms. The molecule has 0 amide bonds. The minimum absolute atomic E-state index is 0.248. The summed E-state index contributed by atoms with van der Waals surface area (Å²) in [7, 11) is -7.57. The van der Waals surface area contributed by atoms with Crippen LogP contribution in [0.15, 0.2) is 0 Å². The monoisotopic (exact) mass is 432 g/mol. The first-order valence-corrected chi connectivity index (χ1v) is 12.9.